The number of carbonyl (C=O) groups excluding carboxylic acids is 2. The zero-order valence-electron chi connectivity index (χ0n) is 7.88. The Hall–Kier alpha value is -1.57. The van der Waals surface area contributed by atoms with Crippen molar-refractivity contribution in [3.63, 3.8) is 0 Å². The van der Waals surface area contributed by atoms with Crippen molar-refractivity contribution in [1.82, 2.24) is 10.6 Å². The highest BCUT2D eigenvalue weighted by Gasteiger charge is 2.19. The molecular weight excluding hydrogens is 182 g/mol. The SMILES string of the molecule is N#CCNC(=O)C(=O)NCC1CCC1. The van der Waals surface area contributed by atoms with Crippen LogP contribution in [0, 0.1) is 17.2 Å². The summed E-state index contributed by atoms with van der Waals surface area (Å²) in [5.41, 5.74) is 0. The molecule has 0 saturated heterocycles. The highest BCUT2D eigenvalue weighted by atomic mass is 16.2. The van der Waals surface area contributed by atoms with E-state index in [2.05, 4.69) is 10.6 Å². The largest absolute Gasteiger partial charge is 0.348 e. The quantitative estimate of drug-likeness (QED) is 0.472. The number of nitrogens with one attached hydrogen (secondary N) is 2. The van der Waals surface area contributed by atoms with Gasteiger partial charge in [-0.2, -0.15) is 5.26 Å². The number of nitriles is 1. The summed E-state index contributed by atoms with van der Waals surface area (Å²) in [6, 6.07) is 1.73. The van der Waals surface area contributed by atoms with Gasteiger partial charge < -0.3 is 10.6 Å². The maximum Gasteiger partial charge on any atom is 0.310 e. The molecule has 0 atom stereocenters. The minimum Gasteiger partial charge on any atom is -0.348 e. The minimum atomic E-state index is -0.731. The lowest BCUT2D eigenvalue weighted by Crippen LogP contribution is -2.42. The predicted molar refractivity (Wildman–Crippen MR) is 49.0 cm³/mol. The van der Waals surface area contributed by atoms with Crippen molar-refractivity contribution < 1.29 is 9.59 Å². The molecule has 2 amide bonds. The lowest BCUT2D eigenvalue weighted by atomic mass is 9.85. The molecule has 0 aliphatic heterocycles. The topological polar surface area (TPSA) is 82.0 Å². The Bertz CT molecular complexity index is 266. The Morgan fingerprint density at radius 2 is 1.93 bits per heavy atom. The lowest BCUT2D eigenvalue weighted by molar-refractivity contribution is -0.139. The summed E-state index contributed by atoms with van der Waals surface area (Å²) in [6.07, 6.45) is 3.46. The van der Waals surface area contributed by atoms with E-state index in [0.29, 0.717) is 12.5 Å². The summed E-state index contributed by atoms with van der Waals surface area (Å²) >= 11 is 0. The third-order valence-electron chi connectivity index (χ3n) is 2.31. The van der Waals surface area contributed by atoms with Crippen LogP contribution in [-0.2, 0) is 9.59 Å². The van der Waals surface area contributed by atoms with Gasteiger partial charge in [-0.3, -0.25) is 9.59 Å². The fourth-order valence-electron chi connectivity index (χ4n) is 1.21. The van der Waals surface area contributed by atoms with Crippen molar-refractivity contribution in [3.8, 4) is 6.07 Å². The molecule has 76 valence electrons. The lowest BCUT2D eigenvalue weighted by Gasteiger charge is -2.25. The van der Waals surface area contributed by atoms with Crippen LogP contribution in [0.3, 0.4) is 0 Å². The van der Waals surface area contributed by atoms with Crippen LogP contribution in [0.25, 0.3) is 0 Å². The number of nitrogens with zero attached hydrogens (tertiary/aromatic N) is 1. The zero-order chi connectivity index (χ0) is 10.4. The molecule has 14 heavy (non-hydrogen) atoms. The molecule has 1 fully saturated rings. The molecule has 1 rings (SSSR count). The van der Waals surface area contributed by atoms with Gasteiger partial charge >= 0.3 is 11.8 Å². The smallest absolute Gasteiger partial charge is 0.310 e. The number of hydrogen-bond donors (Lipinski definition) is 2. The van der Waals surface area contributed by atoms with Gasteiger partial charge in [0.1, 0.15) is 6.54 Å². The summed E-state index contributed by atoms with van der Waals surface area (Å²) in [5.74, 6) is -0.847. The van der Waals surface area contributed by atoms with Gasteiger partial charge in [0.2, 0.25) is 0 Å². The first kappa shape index (κ1) is 10.5. The van der Waals surface area contributed by atoms with Crippen LogP contribution in [-0.4, -0.2) is 24.9 Å². The second-order valence-corrected chi connectivity index (χ2v) is 3.35. The van der Waals surface area contributed by atoms with Crippen LogP contribution in [0.5, 0.6) is 0 Å². The fraction of sp³-hybridized carbons (Fsp3) is 0.667. The summed E-state index contributed by atoms with van der Waals surface area (Å²) in [7, 11) is 0. The van der Waals surface area contributed by atoms with Crippen LogP contribution in [0.4, 0.5) is 0 Å². The van der Waals surface area contributed by atoms with E-state index in [1.54, 1.807) is 6.07 Å². The van der Waals surface area contributed by atoms with E-state index in [4.69, 9.17) is 5.26 Å². The summed E-state index contributed by atoms with van der Waals surface area (Å²) < 4.78 is 0. The number of rotatable bonds is 3. The first-order valence-corrected chi connectivity index (χ1v) is 4.67. The monoisotopic (exact) mass is 195 g/mol. The Balaban J connectivity index is 2.13. The highest BCUT2D eigenvalue weighted by Crippen LogP contribution is 2.24. The number of hydrogen-bond acceptors (Lipinski definition) is 3. The first-order chi connectivity index (χ1) is 6.74. The maximum absolute atomic E-state index is 11.1. The van der Waals surface area contributed by atoms with Crippen LogP contribution in [0.2, 0.25) is 0 Å². The van der Waals surface area contributed by atoms with Gasteiger partial charge in [-0.15, -0.1) is 0 Å². The van der Waals surface area contributed by atoms with Gasteiger partial charge in [0.25, 0.3) is 0 Å². The van der Waals surface area contributed by atoms with Crippen molar-refractivity contribution in [2.75, 3.05) is 13.1 Å². The van der Waals surface area contributed by atoms with Gasteiger partial charge in [-0.25, -0.2) is 0 Å². The Morgan fingerprint density at radius 1 is 1.29 bits per heavy atom. The first-order valence-electron chi connectivity index (χ1n) is 4.67. The highest BCUT2D eigenvalue weighted by molar-refractivity contribution is 6.35. The van der Waals surface area contributed by atoms with E-state index >= 15 is 0 Å². The molecule has 0 heterocycles. The van der Waals surface area contributed by atoms with Gasteiger partial charge in [0.15, 0.2) is 0 Å². The Kier molecular flexibility index (Phi) is 3.92. The Morgan fingerprint density at radius 3 is 2.43 bits per heavy atom. The van der Waals surface area contributed by atoms with E-state index in [-0.39, 0.29) is 6.54 Å². The molecule has 0 aromatic carbocycles. The number of carbonyl (C=O) groups is 2. The van der Waals surface area contributed by atoms with E-state index in [1.165, 1.54) is 6.42 Å². The van der Waals surface area contributed by atoms with Crippen molar-refractivity contribution in [1.29, 1.82) is 5.26 Å². The van der Waals surface area contributed by atoms with Crippen LogP contribution in [0.1, 0.15) is 19.3 Å². The van der Waals surface area contributed by atoms with Gasteiger partial charge in [-0.05, 0) is 18.8 Å². The standard InChI is InChI=1S/C9H13N3O2/c10-4-5-11-8(13)9(14)12-6-7-2-1-3-7/h7H,1-3,5-6H2,(H,11,13)(H,12,14). The zero-order valence-corrected chi connectivity index (χ0v) is 7.88. The number of amides is 2. The molecule has 1 saturated carbocycles. The average molecular weight is 195 g/mol. The van der Waals surface area contributed by atoms with E-state index < -0.39 is 11.8 Å². The van der Waals surface area contributed by atoms with Crippen LogP contribution >= 0.6 is 0 Å². The van der Waals surface area contributed by atoms with Crippen molar-refractivity contribution in [3.05, 3.63) is 0 Å². The normalized spacial score (nSPS) is 15.1. The van der Waals surface area contributed by atoms with Crippen LogP contribution < -0.4 is 10.6 Å². The van der Waals surface area contributed by atoms with Crippen LogP contribution in [0.15, 0.2) is 0 Å². The molecule has 0 bridgehead atoms. The van der Waals surface area contributed by atoms with Crippen molar-refractivity contribution >= 4 is 11.8 Å². The third kappa shape index (κ3) is 3.05. The third-order valence-corrected chi connectivity index (χ3v) is 2.31. The molecule has 5 heteroatoms. The molecule has 0 aromatic heterocycles. The molecule has 1 aliphatic carbocycles. The fourth-order valence-corrected chi connectivity index (χ4v) is 1.21. The molecule has 0 unspecified atom stereocenters. The van der Waals surface area contributed by atoms with E-state index in [1.807, 2.05) is 0 Å². The molecule has 0 radical (unpaired) electrons. The molecule has 0 aromatic rings. The minimum absolute atomic E-state index is 0.129. The summed E-state index contributed by atoms with van der Waals surface area (Å²) in [5, 5.41) is 12.9. The molecule has 2 N–H and O–H groups in total. The van der Waals surface area contributed by atoms with E-state index in [0.717, 1.165) is 12.8 Å². The second kappa shape index (κ2) is 5.22. The molecular formula is C9H13N3O2. The summed E-state index contributed by atoms with van der Waals surface area (Å²) in [4.78, 5) is 22.0. The Labute approximate surface area is 82.5 Å². The van der Waals surface area contributed by atoms with Gasteiger partial charge in [0.05, 0.1) is 6.07 Å². The van der Waals surface area contributed by atoms with Crippen molar-refractivity contribution in [2.45, 2.75) is 19.3 Å². The second-order valence-electron chi connectivity index (χ2n) is 3.35. The van der Waals surface area contributed by atoms with Gasteiger partial charge in [0, 0.05) is 6.54 Å². The molecule has 1 aliphatic rings. The summed E-state index contributed by atoms with van der Waals surface area (Å²) in [6.45, 7) is 0.439. The molecule has 0 spiro atoms. The van der Waals surface area contributed by atoms with Gasteiger partial charge in [-0.1, -0.05) is 6.42 Å². The predicted octanol–water partition coefficient (Wildman–Crippen LogP) is -0.458. The van der Waals surface area contributed by atoms with E-state index in [9.17, 15) is 9.59 Å². The molecule has 5 nitrogen and oxygen atoms in total. The average Bonchev–Trinajstić information content (AvgIpc) is 2.11. The van der Waals surface area contributed by atoms with Crippen molar-refractivity contribution in [2.24, 2.45) is 5.92 Å². The maximum atomic E-state index is 11.1.